The second-order valence-corrected chi connectivity index (χ2v) is 8.09. The molecule has 1 aliphatic carbocycles. The van der Waals surface area contributed by atoms with Crippen LogP contribution in [0.2, 0.25) is 0 Å². The van der Waals surface area contributed by atoms with Gasteiger partial charge in [0.2, 0.25) is 5.91 Å². The number of ketones is 1. The number of hydrogen-bond donors (Lipinski definition) is 2. The number of aromatic amines is 1. The Morgan fingerprint density at radius 3 is 2.19 bits per heavy atom. The SMILES string of the molecule is CC(=O)c1c(C)[nH]c(C(=O)NC2CCN(C(=O)C3CCCCC3)CC2)c1C. The zero-order valence-corrected chi connectivity index (χ0v) is 16.7. The van der Waals surface area contributed by atoms with E-state index >= 15 is 0 Å². The Kier molecular flexibility index (Phi) is 6.02. The summed E-state index contributed by atoms with van der Waals surface area (Å²) in [6.07, 6.45) is 7.20. The van der Waals surface area contributed by atoms with Gasteiger partial charge in [-0.3, -0.25) is 14.4 Å². The van der Waals surface area contributed by atoms with E-state index in [0.29, 0.717) is 35.8 Å². The van der Waals surface area contributed by atoms with Crippen LogP contribution in [0, 0.1) is 19.8 Å². The predicted molar refractivity (Wildman–Crippen MR) is 104 cm³/mol. The normalized spacial score (nSPS) is 19.1. The number of aromatic nitrogens is 1. The maximum Gasteiger partial charge on any atom is 0.268 e. The smallest absolute Gasteiger partial charge is 0.268 e. The first-order chi connectivity index (χ1) is 12.9. The fourth-order valence-corrected chi connectivity index (χ4v) is 4.61. The van der Waals surface area contributed by atoms with Crippen LogP contribution in [0.15, 0.2) is 0 Å². The number of nitrogens with one attached hydrogen (secondary N) is 2. The Balaban J connectivity index is 1.55. The second-order valence-electron chi connectivity index (χ2n) is 8.09. The average Bonchev–Trinajstić information content (AvgIpc) is 2.97. The summed E-state index contributed by atoms with van der Waals surface area (Å²) in [7, 11) is 0. The summed E-state index contributed by atoms with van der Waals surface area (Å²) in [5, 5.41) is 3.08. The van der Waals surface area contributed by atoms with Crippen molar-refractivity contribution in [1.82, 2.24) is 15.2 Å². The van der Waals surface area contributed by atoms with Crippen molar-refractivity contribution in [3.63, 3.8) is 0 Å². The van der Waals surface area contributed by atoms with E-state index in [1.807, 2.05) is 11.8 Å². The summed E-state index contributed by atoms with van der Waals surface area (Å²) in [6.45, 7) is 6.56. The van der Waals surface area contributed by atoms with Crippen LogP contribution in [0.3, 0.4) is 0 Å². The molecule has 6 heteroatoms. The Labute approximate surface area is 161 Å². The average molecular weight is 373 g/mol. The number of hydrogen-bond acceptors (Lipinski definition) is 3. The van der Waals surface area contributed by atoms with Crippen molar-refractivity contribution in [2.24, 2.45) is 5.92 Å². The van der Waals surface area contributed by atoms with Crippen molar-refractivity contribution < 1.29 is 14.4 Å². The van der Waals surface area contributed by atoms with Gasteiger partial charge in [-0.15, -0.1) is 0 Å². The highest BCUT2D eigenvalue weighted by Crippen LogP contribution is 2.27. The molecule has 0 aromatic carbocycles. The largest absolute Gasteiger partial charge is 0.354 e. The molecule has 2 N–H and O–H groups in total. The van der Waals surface area contributed by atoms with Crippen LogP contribution in [0.5, 0.6) is 0 Å². The van der Waals surface area contributed by atoms with Gasteiger partial charge < -0.3 is 15.2 Å². The Morgan fingerprint density at radius 2 is 1.63 bits per heavy atom. The molecular weight excluding hydrogens is 342 g/mol. The van der Waals surface area contributed by atoms with Crippen LogP contribution in [0.4, 0.5) is 0 Å². The molecule has 0 radical (unpaired) electrons. The van der Waals surface area contributed by atoms with Gasteiger partial charge in [-0.25, -0.2) is 0 Å². The molecule has 3 rings (SSSR count). The highest BCUT2D eigenvalue weighted by molar-refractivity contribution is 6.02. The molecule has 2 fully saturated rings. The van der Waals surface area contributed by atoms with Crippen LogP contribution < -0.4 is 5.32 Å². The quantitative estimate of drug-likeness (QED) is 0.796. The molecule has 2 amide bonds. The van der Waals surface area contributed by atoms with Crippen molar-refractivity contribution in [2.75, 3.05) is 13.1 Å². The molecule has 1 saturated carbocycles. The van der Waals surface area contributed by atoms with Gasteiger partial charge in [0.25, 0.3) is 5.91 Å². The lowest BCUT2D eigenvalue weighted by Gasteiger charge is -2.35. The molecule has 148 valence electrons. The summed E-state index contributed by atoms with van der Waals surface area (Å²) < 4.78 is 0. The summed E-state index contributed by atoms with van der Waals surface area (Å²) in [5.41, 5.74) is 2.52. The Hall–Kier alpha value is -2.11. The number of aryl methyl sites for hydroxylation is 1. The molecule has 0 spiro atoms. The maximum absolute atomic E-state index is 12.7. The highest BCUT2D eigenvalue weighted by Gasteiger charge is 2.30. The number of H-pyrrole nitrogens is 1. The van der Waals surface area contributed by atoms with E-state index in [1.54, 1.807) is 6.92 Å². The van der Waals surface area contributed by atoms with Gasteiger partial charge in [-0.1, -0.05) is 19.3 Å². The number of carbonyl (C=O) groups excluding carboxylic acids is 3. The van der Waals surface area contributed by atoms with Crippen LogP contribution in [0.1, 0.15) is 84.0 Å². The number of Topliss-reactive ketones (excluding diaryl/α,β-unsaturated/α-hetero) is 1. The van der Waals surface area contributed by atoms with Crippen LogP contribution >= 0.6 is 0 Å². The lowest BCUT2D eigenvalue weighted by Crippen LogP contribution is -2.48. The standard InChI is InChI=1S/C21H31N3O3/c1-13-18(15(3)25)14(2)22-19(13)20(26)23-17-9-11-24(12-10-17)21(27)16-7-5-4-6-8-16/h16-17,22H,4-12H2,1-3H3,(H,23,26). The van der Waals surface area contributed by atoms with Crippen molar-refractivity contribution in [1.29, 1.82) is 0 Å². The Morgan fingerprint density at radius 1 is 1.00 bits per heavy atom. The second kappa shape index (κ2) is 8.28. The molecular formula is C21H31N3O3. The third kappa shape index (κ3) is 4.25. The number of piperidine rings is 1. The van der Waals surface area contributed by atoms with E-state index in [4.69, 9.17) is 0 Å². The van der Waals surface area contributed by atoms with Gasteiger partial charge >= 0.3 is 0 Å². The van der Waals surface area contributed by atoms with Crippen LogP contribution in [0.25, 0.3) is 0 Å². The molecule has 27 heavy (non-hydrogen) atoms. The van der Waals surface area contributed by atoms with Gasteiger partial charge in [0.1, 0.15) is 5.69 Å². The van der Waals surface area contributed by atoms with E-state index in [-0.39, 0.29) is 23.7 Å². The number of rotatable bonds is 4. The van der Waals surface area contributed by atoms with E-state index < -0.39 is 0 Å². The minimum Gasteiger partial charge on any atom is -0.354 e. The fraction of sp³-hybridized carbons (Fsp3) is 0.667. The topological polar surface area (TPSA) is 82.3 Å². The zero-order chi connectivity index (χ0) is 19.6. The number of likely N-dealkylation sites (tertiary alicyclic amines) is 1. The van der Waals surface area contributed by atoms with E-state index in [0.717, 1.165) is 31.4 Å². The highest BCUT2D eigenvalue weighted by atomic mass is 16.2. The summed E-state index contributed by atoms with van der Waals surface area (Å²) in [5.74, 6) is 0.316. The van der Waals surface area contributed by atoms with Gasteiger partial charge in [0.15, 0.2) is 5.78 Å². The molecule has 2 aliphatic rings. The van der Waals surface area contributed by atoms with Gasteiger partial charge in [0.05, 0.1) is 0 Å². The maximum atomic E-state index is 12.7. The molecule has 2 heterocycles. The number of amides is 2. The lowest BCUT2D eigenvalue weighted by atomic mass is 9.87. The molecule has 0 atom stereocenters. The molecule has 0 unspecified atom stereocenters. The molecule has 1 saturated heterocycles. The first-order valence-electron chi connectivity index (χ1n) is 10.2. The first-order valence-corrected chi connectivity index (χ1v) is 10.2. The molecule has 0 bridgehead atoms. The van der Waals surface area contributed by atoms with Gasteiger partial charge in [-0.05, 0) is 52.0 Å². The van der Waals surface area contributed by atoms with Crippen molar-refractivity contribution in [3.05, 3.63) is 22.5 Å². The predicted octanol–water partition coefficient (Wildman–Crippen LogP) is 3.14. The third-order valence-corrected chi connectivity index (χ3v) is 6.11. The first kappa shape index (κ1) is 19.6. The number of nitrogens with zero attached hydrogens (tertiary/aromatic N) is 1. The van der Waals surface area contributed by atoms with E-state index in [1.165, 1.54) is 26.2 Å². The third-order valence-electron chi connectivity index (χ3n) is 6.11. The Bertz CT molecular complexity index is 723. The lowest BCUT2D eigenvalue weighted by molar-refractivity contribution is -0.137. The summed E-state index contributed by atoms with van der Waals surface area (Å²) in [4.78, 5) is 42.1. The zero-order valence-electron chi connectivity index (χ0n) is 16.7. The number of carbonyl (C=O) groups is 3. The van der Waals surface area contributed by atoms with Gasteiger partial charge in [0, 0.05) is 36.3 Å². The van der Waals surface area contributed by atoms with Crippen molar-refractivity contribution >= 4 is 17.6 Å². The fourth-order valence-electron chi connectivity index (χ4n) is 4.61. The molecule has 1 aromatic heterocycles. The van der Waals surface area contributed by atoms with Crippen molar-refractivity contribution in [3.8, 4) is 0 Å². The van der Waals surface area contributed by atoms with Crippen LogP contribution in [-0.4, -0.2) is 46.6 Å². The summed E-state index contributed by atoms with van der Waals surface area (Å²) in [6, 6.07) is 0.0664. The van der Waals surface area contributed by atoms with E-state index in [2.05, 4.69) is 10.3 Å². The van der Waals surface area contributed by atoms with E-state index in [9.17, 15) is 14.4 Å². The summed E-state index contributed by atoms with van der Waals surface area (Å²) >= 11 is 0. The van der Waals surface area contributed by atoms with Crippen molar-refractivity contribution in [2.45, 2.75) is 71.8 Å². The monoisotopic (exact) mass is 373 g/mol. The minimum atomic E-state index is -0.167. The van der Waals surface area contributed by atoms with Gasteiger partial charge in [-0.2, -0.15) is 0 Å². The minimum absolute atomic E-state index is 0.0326. The van der Waals surface area contributed by atoms with Crippen LogP contribution in [-0.2, 0) is 4.79 Å². The molecule has 6 nitrogen and oxygen atoms in total. The molecule has 1 aromatic rings. The molecule has 1 aliphatic heterocycles.